The van der Waals surface area contributed by atoms with Gasteiger partial charge in [0.05, 0.1) is 31.1 Å². The predicted molar refractivity (Wildman–Crippen MR) is 88.8 cm³/mol. The lowest BCUT2D eigenvalue weighted by Gasteiger charge is -2.26. The van der Waals surface area contributed by atoms with Gasteiger partial charge in [-0.3, -0.25) is 9.59 Å². The number of hydrogen-bond acceptors (Lipinski definition) is 6. The maximum absolute atomic E-state index is 13.1. The first-order chi connectivity index (χ1) is 11.8. The summed E-state index contributed by atoms with van der Waals surface area (Å²) in [6.45, 7) is 1.82. The summed E-state index contributed by atoms with van der Waals surface area (Å²) in [6, 6.07) is 3.80. The van der Waals surface area contributed by atoms with E-state index in [9.17, 15) is 18.0 Å². The molecule has 1 fully saturated rings. The molecular formula is C17H19NO6S. The van der Waals surface area contributed by atoms with Crippen LogP contribution in [0.3, 0.4) is 0 Å². The van der Waals surface area contributed by atoms with Crippen LogP contribution in [0.1, 0.15) is 12.0 Å². The third kappa shape index (κ3) is 3.38. The van der Waals surface area contributed by atoms with Crippen LogP contribution in [0.15, 0.2) is 29.2 Å². The van der Waals surface area contributed by atoms with Gasteiger partial charge in [-0.15, -0.1) is 6.42 Å². The van der Waals surface area contributed by atoms with E-state index in [-0.39, 0.29) is 11.3 Å². The lowest BCUT2D eigenvalue weighted by molar-refractivity contribution is -0.145. The molecule has 1 aliphatic rings. The Morgan fingerprint density at radius 1 is 1.16 bits per heavy atom. The van der Waals surface area contributed by atoms with E-state index >= 15 is 0 Å². The molecule has 1 aromatic rings. The van der Waals surface area contributed by atoms with E-state index in [1.807, 2.05) is 6.92 Å². The topological polar surface area (TPSA) is 90.0 Å². The predicted octanol–water partition coefficient (Wildman–Crippen LogP) is 0.722. The Labute approximate surface area is 147 Å². The minimum absolute atomic E-state index is 0.0160. The summed E-state index contributed by atoms with van der Waals surface area (Å²) in [7, 11) is -1.78. The number of carbonyl (C=O) groups excluding carboxylic acids is 2. The molecule has 3 atom stereocenters. The lowest BCUT2D eigenvalue weighted by atomic mass is 10.00. The van der Waals surface area contributed by atoms with Crippen LogP contribution in [0.4, 0.5) is 0 Å². The van der Waals surface area contributed by atoms with E-state index in [2.05, 4.69) is 5.92 Å². The highest BCUT2D eigenvalue weighted by Gasteiger charge is 2.53. The minimum atomic E-state index is -4.11. The number of nitrogens with zero attached hydrogens (tertiary/aromatic N) is 1. The fourth-order valence-corrected chi connectivity index (χ4v) is 4.63. The largest absolute Gasteiger partial charge is 0.469 e. The molecule has 8 heteroatoms. The van der Waals surface area contributed by atoms with Crippen molar-refractivity contribution in [3.8, 4) is 12.3 Å². The van der Waals surface area contributed by atoms with E-state index in [0.29, 0.717) is 0 Å². The van der Waals surface area contributed by atoms with E-state index in [1.165, 1.54) is 19.2 Å². The third-order valence-electron chi connectivity index (χ3n) is 4.18. The minimum Gasteiger partial charge on any atom is -0.469 e. The zero-order chi connectivity index (χ0) is 18.8. The summed E-state index contributed by atoms with van der Waals surface area (Å²) < 4.78 is 36.4. The number of methoxy groups -OCH3 is 2. The summed E-state index contributed by atoms with van der Waals surface area (Å²) in [5, 5.41) is 0. The second-order valence-electron chi connectivity index (χ2n) is 5.66. The first-order valence-electron chi connectivity index (χ1n) is 7.50. The molecular weight excluding hydrogens is 346 g/mol. The van der Waals surface area contributed by atoms with Gasteiger partial charge < -0.3 is 9.47 Å². The molecule has 1 saturated heterocycles. The number of benzene rings is 1. The summed E-state index contributed by atoms with van der Waals surface area (Å²) in [5.74, 6) is -0.0751. The average molecular weight is 365 g/mol. The first-order valence-corrected chi connectivity index (χ1v) is 8.94. The second-order valence-corrected chi connectivity index (χ2v) is 7.51. The Kier molecular flexibility index (Phi) is 5.50. The van der Waals surface area contributed by atoms with Crippen LogP contribution in [0.2, 0.25) is 0 Å². The van der Waals surface area contributed by atoms with Crippen LogP contribution < -0.4 is 0 Å². The number of terminal acetylenes is 1. The summed E-state index contributed by atoms with van der Waals surface area (Å²) in [6.07, 6.45) is 5.40. The Balaban J connectivity index is 2.56. The second kappa shape index (κ2) is 7.25. The fourth-order valence-electron chi connectivity index (χ4n) is 2.90. The standard InChI is InChI=1S/C17H19NO6S/c1-5-14-13(16(19)23-3)10-15(17(20)24-4)18(14)25(21,22)12-8-6-11(2)7-9-12/h1,6-9,13-15H,10H2,2-4H3/t13-,14+,15+/m1/s1. The van der Waals surface area contributed by atoms with Crippen LogP contribution >= 0.6 is 0 Å². The first kappa shape index (κ1) is 19.0. The van der Waals surface area contributed by atoms with Gasteiger partial charge in [-0.1, -0.05) is 23.6 Å². The zero-order valence-electron chi connectivity index (χ0n) is 14.1. The molecule has 1 aromatic carbocycles. The van der Waals surface area contributed by atoms with Crippen LogP contribution in [0.5, 0.6) is 0 Å². The quantitative estimate of drug-likeness (QED) is 0.577. The number of carbonyl (C=O) groups is 2. The van der Waals surface area contributed by atoms with Gasteiger partial charge in [0.15, 0.2) is 0 Å². The van der Waals surface area contributed by atoms with Crippen molar-refractivity contribution in [3.63, 3.8) is 0 Å². The van der Waals surface area contributed by atoms with Crippen LogP contribution in [-0.2, 0) is 29.1 Å². The van der Waals surface area contributed by atoms with Crippen molar-refractivity contribution < 1.29 is 27.5 Å². The molecule has 0 radical (unpaired) electrons. The number of esters is 2. The highest BCUT2D eigenvalue weighted by atomic mass is 32.2. The van der Waals surface area contributed by atoms with E-state index in [4.69, 9.17) is 15.9 Å². The van der Waals surface area contributed by atoms with Crippen LogP contribution in [0.25, 0.3) is 0 Å². The summed E-state index contributed by atoms with van der Waals surface area (Å²) >= 11 is 0. The van der Waals surface area contributed by atoms with Crippen molar-refractivity contribution in [2.75, 3.05) is 14.2 Å². The van der Waals surface area contributed by atoms with Crippen molar-refractivity contribution in [3.05, 3.63) is 29.8 Å². The molecule has 0 spiro atoms. The van der Waals surface area contributed by atoms with Gasteiger partial charge >= 0.3 is 11.9 Å². The Hall–Kier alpha value is -2.37. The van der Waals surface area contributed by atoms with Crippen molar-refractivity contribution in [1.29, 1.82) is 0 Å². The molecule has 1 heterocycles. The SMILES string of the molecule is C#C[C@H]1[C@H](C(=O)OC)C[C@@H](C(=O)OC)N1S(=O)(=O)c1ccc(C)cc1. The maximum Gasteiger partial charge on any atom is 0.324 e. The molecule has 0 aliphatic carbocycles. The molecule has 7 nitrogen and oxygen atoms in total. The van der Waals surface area contributed by atoms with Crippen LogP contribution in [0, 0.1) is 25.2 Å². The number of ether oxygens (including phenoxy) is 2. The van der Waals surface area contributed by atoms with Crippen molar-refractivity contribution in [2.45, 2.75) is 30.3 Å². The normalized spacial score (nSPS) is 23.7. The number of aryl methyl sites for hydroxylation is 1. The highest BCUT2D eigenvalue weighted by molar-refractivity contribution is 7.89. The summed E-state index contributed by atoms with van der Waals surface area (Å²) in [4.78, 5) is 24.1. The van der Waals surface area contributed by atoms with E-state index in [1.54, 1.807) is 12.1 Å². The summed E-state index contributed by atoms with van der Waals surface area (Å²) in [5.41, 5.74) is 0.880. The molecule has 2 rings (SSSR count). The number of sulfonamides is 1. The monoisotopic (exact) mass is 365 g/mol. The molecule has 0 saturated carbocycles. The molecule has 0 N–H and O–H groups in total. The van der Waals surface area contributed by atoms with Gasteiger partial charge in [0.25, 0.3) is 0 Å². The van der Waals surface area contributed by atoms with Gasteiger partial charge in [-0.2, -0.15) is 4.31 Å². The Morgan fingerprint density at radius 3 is 2.20 bits per heavy atom. The van der Waals surface area contributed by atoms with Gasteiger partial charge in [-0.05, 0) is 25.5 Å². The number of rotatable bonds is 4. The van der Waals surface area contributed by atoms with E-state index < -0.39 is 40.0 Å². The fraction of sp³-hybridized carbons (Fsp3) is 0.412. The van der Waals surface area contributed by atoms with Gasteiger partial charge in [0, 0.05) is 0 Å². The molecule has 134 valence electrons. The lowest BCUT2D eigenvalue weighted by Crippen LogP contribution is -2.45. The highest BCUT2D eigenvalue weighted by Crippen LogP contribution is 2.36. The molecule has 0 bridgehead atoms. The molecule has 0 aromatic heterocycles. The molecule has 0 amide bonds. The maximum atomic E-state index is 13.1. The third-order valence-corrected chi connectivity index (χ3v) is 6.09. The van der Waals surface area contributed by atoms with Gasteiger partial charge in [-0.25, -0.2) is 8.42 Å². The van der Waals surface area contributed by atoms with Crippen molar-refractivity contribution in [1.82, 2.24) is 4.31 Å². The Morgan fingerprint density at radius 2 is 1.72 bits per heavy atom. The Bertz CT molecular complexity index is 809. The zero-order valence-corrected chi connectivity index (χ0v) is 14.9. The van der Waals surface area contributed by atoms with Gasteiger partial charge in [0.1, 0.15) is 6.04 Å². The van der Waals surface area contributed by atoms with Crippen LogP contribution in [-0.4, -0.2) is 51.0 Å². The van der Waals surface area contributed by atoms with Gasteiger partial charge in [0.2, 0.25) is 10.0 Å². The molecule has 0 unspecified atom stereocenters. The average Bonchev–Trinajstić information content (AvgIpc) is 3.01. The number of hydrogen-bond donors (Lipinski definition) is 0. The molecule has 1 aliphatic heterocycles. The molecule has 25 heavy (non-hydrogen) atoms. The van der Waals surface area contributed by atoms with Crippen molar-refractivity contribution >= 4 is 22.0 Å². The van der Waals surface area contributed by atoms with E-state index in [0.717, 1.165) is 17.0 Å². The van der Waals surface area contributed by atoms with Crippen molar-refractivity contribution in [2.24, 2.45) is 5.92 Å². The smallest absolute Gasteiger partial charge is 0.324 e.